The molecule has 2 aromatic carbocycles. The van der Waals surface area contributed by atoms with E-state index < -0.39 is 6.10 Å². The van der Waals surface area contributed by atoms with Crippen molar-refractivity contribution in [3.05, 3.63) is 65.2 Å². The number of benzene rings is 2. The number of aliphatic hydroxyl groups is 1. The van der Waals surface area contributed by atoms with E-state index in [4.69, 9.17) is 4.74 Å². The molecule has 0 aromatic heterocycles. The van der Waals surface area contributed by atoms with Crippen LogP contribution in [0.15, 0.2) is 48.5 Å². The van der Waals surface area contributed by atoms with E-state index in [0.717, 1.165) is 22.4 Å². The first-order chi connectivity index (χ1) is 8.70. The summed E-state index contributed by atoms with van der Waals surface area (Å²) in [4.78, 5) is 0. The minimum Gasteiger partial charge on any atom is -0.496 e. The number of aliphatic hydroxyl groups excluding tert-OH is 1. The summed E-state index contributed by atoms with van der Waals surface area (Å²) in [5.74, 6) is 0.852. The Labute approximate surface area is 108 Å². The molecule has 94 valence electrons. The minimum atomic E-state index is -0.475. The van der Waals surface area contributed by atoms with E-state index in [1.54, 1.807) is 7.11 Å². The molecule has 0 heterocycles. The van der Waals surface area contributed by atoms with Gasteiger partial charge in [-0.3, -0.25) is 0 Å². The van der Waals surface area contributed by atoms with Crippen LogP contribution in [0.1, 0.15) is 22.8 Å². The summed E-state index contributed by atoms with van der Waals surface area (Å²) in [5, 5.41) is 10.2. The Morgan fingerprint density at radius 2 is 1.83 bits per heavy atom. The molecule has 1 N–H and O–H groups in total. The fourth-order valence-corrected chi connectivity index (χ4v) is 2.06. The van der Waals surface area contributed by atoms with Crippen molar-refractivity contribution in [1.29, 1.82) is 0 Å². The van der Waals surface area contributed by atoms with Gasteiger partial charge in [0, 0.05) is 6.42 Å². The van der Waals surface area contributed by atoms with Crippen LogP contribution in [0, 0.1) is 6.92 Å². The van der Waals surface area contributed by atoms with Gasteiger partial charge in [-0.25, -0.2) is 0 Å². The maximum absolute atomic E-state index is 10.2. The molecule has 0 spiro atoms. The van der Waals surface area contributed by atoms with E-state index in [2.05, 4.69) is 0 Å². The van der Waals surface area contributed by atoms with Gasteiger partial charge in [-0.15, -0.1) is 0 Å². The summed E-state index contributed by atoms with van der Waals surface area (Å²) in [6.07, 6.45) is 0.157. The van der Waals surface area contributed by atoms with Crippen LogP contribution in [0.25, 0.3) is 0 Å². The molecular weight excluding hydrogens is 224 g/mol. The maximum Gasteiger partial charge on any atom is 0.121 e. The van der Waals surface area contributed by atoms with E-state index in [0.29, 0.717) is 6.42 Å². The molecule has 0 saturated carbocycles. The normalized spacial score (nSPS) is 12.2. The van der Waals surface area contributed by atoms with Gasteiger partial charge < -0.3 is 9.84 Å². The highest BCUT2D eigenvalue weighted by Gasteiger charge is 2.10. The van der Waals surface area contributed by atoms with Gasteiger partial charge in [0.05, 0.1) is 13.2 Å². The molecule has 0 amide bonds. The summed E-state index contributed by atoms with van der Waals surface area (Å²) in [5.41, 5.74) is 3.11. The monoisotopic (exact) mass is 242 g/mol. The van der Waals surface area contributed by atoms with E-state index in [9.17, 15) is 5.11 Å². The molecule has 0 saturated heterocycles. The van der Waals surface area contributed by atoms with Crippen LogP contribution in [0.5, 0.6) is 5.75 Å². The zero-order chi connectivity index (χ0) is 13.0. The Morgan fingerprint density at radius 1 is 1.11 bits per heavy atom. The number of hydrogen-bond donors (Lipinski definition) is 1. The third-order valence-electron chi connectivity index (χ3n) is 3.08. The van der Waals surface area contributed by atoms with E-state index >= 15 is 0 Å². The first-order valence-corrected chi connectivity index (χ1v) is 6.07. The van der Waals surface area contributed by atoms with Crippen molar-refractivity contribution >= 4 is 0 Å². The highest BCUT2D eigenvalue weighted by molar-refractivity contribution is 5.37. The lowest BCUT2D eigenvalue weighted by Gasteiger charge is -2.13. The molecule has 1 unspecified atom stereocenters. The Hall–Kier alpha value is -1.80. The summed E-state index contributed by atoms with van der Waals surface area (Å²) in [7, 11) is 1.66. The lowest BCUT2D eigenvalue weighted by molar-refractivity contribution is 0.178. The first kappa shape index (κ1) is 12.7. The number of aryl methyl sites for hydroxylation is 1. The van der Waals surface area contributed by atoms with Gasteiger partial charge in [-0.1, -0.05) is 36.4 Å². The summed E-state index contributed by atoms with van der Waals surface area (Å²) in [6, 6.07) is 15.8. The second-order valence-corrected chi connectivity index (χ2v) is 4.43. The smallest absolute Gasteiger partial charge is 0.121 e. The molecule has 0 radical (unpaired) electrons. The van der Waals surface area contributed by atoms with E-state index in [1.165, 1.54) is 0 Å². The molecule has 0 aliphatic rings. The van der Waals surface area contributed by atoms with Gasteiger partial charge in [-0.05, 0) is 35.7 Å². The fraction of sp³-hybridized carbons (Fsp3) is 0.250. The fourth-order valence-electron chi connectivity index (χ4n) is 2.06. The second-order valence-electron chi connectivity index (χ2n) is 4.43. The Kier molecular flexibility index (Phi) is 4.00. The van der Waals surface area contributed by atoms with Crippen molar-refractivity contribution in [3.63, 3.8) is 0 Å². The van der Waals surface area contributed by atoms with Crippen LogP contribution in [0.3, 0.4) is 0 Å². The quantitative estimate of drug-likeness (QED) is 0.891. The molecule has 2 heteroatoms. The second kappa shape index (κ2) is 5.69. The number of hydrogen-bond acceptors (Lipinski definition) is 2. The predicted octanol–water partition coefficient (Wildman–Crippen LogP) is 3.28. The molecule has 0 aliphatic carbocycles. The van der Waals surface area contributed by atoms with Gasteiger partial charge in [-0.2, -0.15) is 0 Å². The molecule has 2 rings (SSSR count). The van der Waals surface area contributed by atoms with Gasteiger partial charge >= 0.3 is 0 Å². The predicted molar refractivity (Wildman–Crippen MR) is 72.8 cm³/mol. The molecule has 0 bridgehead atoms. The molecule has 0 aliphatic heterocycles. The van der Waals surface area contributed by atoms with Crippen LogP contribution < -0.4 is 4.74 Å². The average molecular weight is 242 g/mol. The standard InChI is InChI=1S/C16H18O2/c1-12-10-14(8-9-16(12)18-2)15(17)11-13-6-4-3-5-7-13/h3-10,15,17H,11H2,1-2H3. The number of rotatable bonds is 4. The highest BCUT2D eigenvalue weighted by atomic mass is 16.5. The largest absolute Gasteiger partial charge is 0.496 e. The Morgan fingerprint density at radius 3 is 2.44 bits per heavy atom. The molecule has 1 atom stereocenters. The lowest BCUT2D eigenvalue weighted by atomic mass is 10.00. The highest BCUT2D eigenvalue weighted by Crippen LogP contribution is 2.24. The maximum atomic E-state index is 10.2. The number of methoxy groups -OCH3 is 1. The SMILES string of the molecule is COc1ccc(C(O)Cc2ccccc2)cc1C. The first-order valence-electron chi connectivity index (χ1n) is 6.07. The summed E-state index contributed by atoms with van der Waals surface area (Å²) in [6.45, 7) is 1.98. The molecule has 0 fully saturated rings. The van der Waals surface area contributed by atoms with Crippen LogP contribution in [0.4, 0.5) is 0 Å². The number of ether oxygens (including phenoxy) is 1. The van der Waals surface area contributed by atoms with Crippen molar-refractivity contribution in [2.75, 3.05) is 7.11 Å². The Balaban J connectivity index is 2.14. The van der Waals surface area contributed by atoms with Crippen molar-refractivity contribution in [2.24, 2.45) is 0 Å². The molecule has 2 nitrogen and oxygen atoms in total. The zero-order valence-corrected chi connectivity index (χ0v) is 10.8. The average Bonchev–Trinajstić information content (AvgIpc) is 2.39. The third kappa shape index (κ3) is 2.90. The van der Waals surface area contributed by atoms with Crippen molar-refractivity contribution in [2.45, 2.75) is 19.4 Å². The molecule has 2 aromatic rings. The third-order valence-corrected chi connectivity index (χ3v) is 3.08. The van der Waals surface area contributed by atoms with Crippen LogP contribution >= 0.6 is 0 Å². The summed E-state index contributed by atoms with van der Waals surface area (Å²) < 4.78 is 5.22. The Bertz CT molecular complexity index is 506. The lowest BCUT2D eigenvalue weighted by Crippen LogP contribution is -2.02. The summed E-state index contributed by atoms with van der Waals surface area (Å²) >= 11 is 0. The van der Waals surface area contributed by atoms with Gasteiger partial charge in [0.15, 0.2) is 0 Å². The van der Waals surface area contributed by atoms with E-state index in [1.807, 2.05) is 55.5 Å². The van der Waals surface area contributed by atoms with Gasteiger partial charge in [0.25, 0.3) is 0 Å². The van der Waals surface area contributed by atoms with Crippen molar-refractivity contribution in [3.8, 4) is 5.75 Å². The topological polar surface area (TPSA) is 29.5 Å². The van der Waals surface area contributed by atoms with Crippen molar-refractivity contribution < 1.29 is 9.84 Å². The minimum absolute atomic E-state index is 0.475. The molecular formula is C16H18O2. The van der Waals surface area contributed by atoms with E-state index in [-0.39, 0.29) is 0 Å². The molecule has 18 heavy (non-hydrogen) atoms. The van der Waals surface area contributed by atoms with Crippen molar-refractivity contribution in [1.82, 2.24) is 0 Å². The van der Waals surface area contributed by atoms with Crippen LogP contribution in [-0.4, -0.2) is 12.2 Å². The zero-order valence-electron chi connectivity index (χ0n) is 10.8. The van der Waals surface area contributed by atoms with Gasteiger partial charge in [0.2, 0.25) is 0 Å². The van der Waals surface area contributed by atoms with Crippen LogP contribution in [-0.2, 0) is 6.42 Å². The van der Waals surface area contributed by atoms with Crippen LogP contribution in [0.2, 0.25) is 0 Å². The van der Waals surface area contributed by atoms with Gasteiger partial charge in [0.1, 0.15) is 5.75 Å².